The molecule has 0 spiro atoms. The van der Waals surface area contributed by atoms with Crippen LogP contribution in [0.2, 0.25) is 0 Å². The van der Waals surface area contributed by atoms with Gasteiger partial charge < -0.3 is 9.29 Å². The van der Waals surface area contributed by atoms with E-state index < -0.39 is 15.6 Å². The molecule has 1 aliphatic rings. The molecule has 11 heteroatoms. The van der Waals surface area contributed by atoms with Gasteiger partial charge in [0.15, 0.2) is 10.1 Å². The molecular weight excluding hydrogens is 461 g/mol. The molecule has 0 unspecified atom stereocenters. The molecule has 0 N–H and O–H groups in total. The number of alkyl halides is 3. The van der Waals surface area contributed by atoms with Gasteiger partial charge in [-0.3, -0.25) is 4.58 Å². The van der Waals surface area contributed by atoms with Gasteiger partial charge in [-0.25, -0.2) is 18.1 Å². The Morgan fingerprint density at radius 2 is 1.42 bits per heavy atom. The van der Waals surface area contributed by atoms with Gasteiger partial charge in [0.2, 0.25) is 6.04 Å². The van der Waals surface area contributed by atoms with E-state index in [2.05, 4.69) is 40.7 Å². The average molecular weight is 487 g/mol. The third-order valence-electron chi connectivity index (χ3n) is 5.14. The zero-order chi connectivity index (χ0) is 25.0. The number of esters is 1. The quantitative estimate of drug-likeness (QED) is 0.286. The van der Waals surface area contributed by atoms with Gasteiger partial charge in [-0.1, -0.05) is 60.7 Å². The van der Waals surface area contributed by atoms with Crippen molar-refractivity contribution in [1.82, 2.24) is 4.90 Å². The lowest BCUT2D eigenvalue weighted by molar-refractivity contribution is -0.478. The Bertz CT molecular complexity index is 1050. The number of nitrogens with zero attached hydrogens (tertiary/aromatic N) is 2. The number of benzene rings is 2. The van der Waals surface area contributed by atoms with E-state index in [-0.39, 0.29) is 24.0 Å². The second-order valence-corrected chi connectivity index (χ2v) is 8.91. The maximum absolute atomic E-state index is 12.5. The molecule has 0 amide bonds. The van der Waals surface area contributed by atoms with Crippen LogP contribution in [-0.4, -0.2) is 67.0 Å². The molecule has 2 aromatic carbocycles. The monoisotopic (exact) mass is 486 g/mol. The van der Waals surface area contributed by atoms with E-state index in [9.17, 15) is 18.0 Å². The summed E-state index contributed by atoms with van der Waals surface area (Å²) >= 11 is 0. The number of likely N-dealkylation sites (tertiary alicyclic amines) is 1. The van der Waals surface area contributed by atoms with E-state index >= 15 is 0 Å². The van der Waals surface area contributed by atoms with Crippen LogP contribution in [0.4, 0.5) is 13.2 Å². The molecule has 0 radical (unpaired) electrons. The smallest absolute Gasteiger partial charge is 0.485 e. The summed E-state index contributed by atoms with van der Waals surface area (Å²) in [5.74, 6) is 1.08. The molecule has 7 nitrogen and oxygen atoms in total. The first-order valence-electron chi connectivity index (χ1n) is 9.83. The Balaban J connectivity index is 0.000000414. The molecule has 2 atom stereocenters. The molecule has 2 aromatic rings. The van der Waals surface area contributed by atoms with E-state index in [1.807, 2.05) is 50.5 Å². The summed E-state index contributed by atoms with van der Waals surface area (Å²) in [5, 5.41) is 0. The fraction of sp³-hybridized carbons (Fsp3) is 0.364. The van der Waals surface area contributed by atoms with Crippen molar-refractivity contribution in [2.45, 2.75) is 24.5 Å². The van der Waals surface area contributed by atoms with Crippen molar-refractivity contribution < 1.29 is 40.2 Å². The summed E-state index contributed by atoms with van der Waals surface area (Å²) in [6.45, 7) is 2.08. The number of rotatable bonds is 4. The number of hydrogen-bond donors (Lipinski definition) is 0. The first-order valence-corrected chi connectivity index (χ1v) is 11.2. The number of methoxy groups -OCH3 is 1. The largest absolute Gasteiger partial charge is 0.741 e. The average Bonchev–Trinajstić information content (AvgIpc) is 2.73. The maximum Gasteiger partial charge on any atom is 0.485 e. The molecule has 0 aliphatic carbocycles. The van der Waals surface area contributed by atoms with E-state index in [0.717, 1.165) is 17.0 Å². The lowest BCUT2D eigenvalue weighted by atomic mass is 9.82. The Labute approximate surface area is 190 Å². The van der Waals surface area contributed by atoms with Gasteiger partial charge in [0.05, 0.1) is 21.2 Å². The van der Waals surface area contributed by atoms with Crippen molar-refractivity contribution in [1.29, 1.82) is 0 Å². The Kier molecular flexibility index (Phi) is 8.25. The molecule has 1 fully saturated rings. The van der Waals surface area contributed by atoms with E-state index in [1.165, 1.54) is 7.11 Å². The lowest BCUT2D eigenvalue weighted by Gasteiger charge is -2.45. The molecule has 1 saturated heterocycles. The van der Waals surface area contributed by atoms with Gasteiger partial charge in [-0.05, 0) is 6.92 Å². The number of amidine groups is 1. The topological polar surface area (TPSA) is 89.8 Å². The van der Waals surface area contributed by atoms with Crippen molar-refractivity contribution in [3.63, 3.8) is 0 Å². The fourth-order valence-electron chi connectivity index (χ4n) is 3.83. The second-order valence-electron chi connectivity index (χ2n) is 7.54. The molecule has 1 aliphatic heterocycles. The van der Waals surface area contributed by atoms with Crippen molar-refractivity contribution in [2.75, 3.05) is 21.2 Å². The minimum atomic E-state index is -6.09. The summed E-state index contributed by atoms with van der Waals surface area (Å²) in [6, 6.07) is 20.3. The van der Waals surface area contributed by atoms with Gasteiger partial charge >= 0.3 is 11.5 Å². The minimum absolute atomic E-state index is 0.0277. The maximum atomic E-state index is 12.5. The molecule has 0 bridgehead atoms. The number of carbonyl (C=O) groups excluding carboxylic acids is 1. The van der Waals surface area contributed by atoms with Crippen LogP contribution in [0.3, 0.4) is 0 Å². The first kappa shape index (κ1) is 26.3. The third-order valence-corrected chi connectivity index (χ3v) is 5.71. The zero-order valence-corrected chi connectivity index (χ0v) is 19.3. The molecule has 0 saturated carbocycles. The molecule has 33 heavy (non-hydrogen) atoms. The summed E-state index contributed by atoms with van der Waals surface area (Å²) in [6.07, 6.45) is 0. The number of ether oxygens (including phenoxy) is 1. The van der Waals surface area contributed by atoms with E-state index in [4.69, 9.17) is 17.7 Å². The minimum Gasteiger partial charge on any atom is -0.741 e. The van der Waals surface area contributed by atoms with Crippen LogP contribution in [0.15, 0.2) is 60.7 Å². The van der Waals surface area contributed by atoms with Crippen LogP contribution in [0.5, 0.6) is 0 Å². The number of hydrogen-bond acceptors (Lipinski definition) is 5. The Hall–Kier alpha value is -2.92. The van der Waals surface area contributed by atoms with Crippen molar-refractivity contribution >= 4 is 21.9 Å². The van der Waals surface area contributed by atoms with Crippen LogP contribution < -0.4 is 0 Å². The van der Waals surface area contributed by atoms with Crippen molar-refractivity contribution in [3.8, 4) is 0 Å². The van der Waals surface area contributed by atoms with Crippen molar-refractivity contribution in [3.05, 3.63) is 71.8 Å². The summed E-state index contributed by atoms with van der Waals surface area (Å²) in [5.41, 5.74) is -3.32. The SMILES string of the molecule is COC(=O)[C@@H]1[C@H](C)C(=[N+](C)C)N1C(c1ccccc1)c1ccccc1.O=S(=O)([O-])C(F)(F)F. The highest BCUT2D eigenvalue weighted by atomic mass is 32.2. The van der Waals surface area contributed by atoms with Gasteiger partial charge in [0, 0.05) is 11.1 Å². The summed E-state index contributed by atoms with van der Waals surface area (Å²) in [7, 11) is -0.577. The fourth-order valence-corrected chi connectivity index (χ4v) is 3.83. The van der Waals surface area contributed by atoms with Crippen LogP contribution in [0.25, 0.3) is 0 Å². The summed E-state index contributed by atoms with van der Waals surface area (Å²) in [4.78, 5) is 14.7. The predicted molar refractivity (Wildman–Crippen MR) is 114 cm³/mol. The van der Waals surface area contributed by atoms with Crippen LogP contribution >= 0.6 is 0 Å². The molecule has 180 valence electrons. The first-order chi connectivity index (χ1) is 15.3. The van der Waals surface area contributed by atoms with Gasteiger partial charge in [0.25, 0.3) is 5.84 Å². The van der Waals surface area contributed by atoms with Crippen molar-refractivity contribution in [2.24, 2.45) is 5.92 Å². The third kappa shape index (κ3) is 5.91. The molecule has 1 heterocycles. The highest BCUT2D eigenvalue weighted by molar-refractivity contribution is 7.86. The van der Waals surface area contributed by atoms with Crippen LogP contribution in [-0.2, 0) is 19.6 Å². The van der Waals surface area contributed by atoms with E-state index in [1.54, 1.807) is 0 Å². The van der Waals surface area contributed by atoms with Gasteiger partial charge in [-0.2, -0.15) is 13.2 Å². The van der Waals surface area contributed by atoms with Gasteiger partial charge in [0.1, 0.15) is 12.0 Å². The highest BCUT2D eigenvalue weighted by Crippen LogP contribution is 2.40. The summed E-state index contributed by atoms with van der Waals surface area (Å²) < 4.78 is 66.1. The molecular formula is C22H25F3N2O5S. The van der Waals surface area contributed by atoms with Crippen LogP contribution in [0, 0.1) is 5.92 Å². The highest BCUT2D eigenvalue weighted by Gasteiger charge is 2.58. The number of carbonyl (C=O) groups is 1. The molecule has 0 aromatic heterocycles. The van der Waals surface area contributed by atoms with E-state index in [0.29, 0.717) is 0 Å². The lowest BCUT2D eigenvalue weighted by Crippen LogP contribution is -2.66. The molecule has 3 rings (SSSR count). The Morgan fingerprint density at radius 1 is 1.03 bits per heavy atom. The Morgan fingerprint density at radius 3 is 1.73 bits per heavy atom. The standard InChI is InChI=1S/C21H25N2O2.CHF3O3S/c1-15-18(21(24)25-4)23(20(15)22(2)3)19(16-11-7-5-8-12-16)17-13-9-6-10-14-17;2-1(3,4)8(5,6)7/h5-15,18-19H,1-4H3;(H,5,6,7)/q+1;/p-1/t15-,18-;/m0./s1. The van der Waals surface area contributed by atoms with Crippen LogP contribution in [0.1, 0.15) is 24.1 Å². The normalized spacial score (nSPS) is 18.2. The number of halogens is 3. The zero-order valence-electron chi connectivity index (χ0n) is 18.5. The second kappa shape index (κ2) is 10.3. The predicted octanol–water partition coefficient (Wildman–Crippen LogP) is 2.99. The van der Waals surface area contributed by atoms with Gasteiger partial charge in [-0.15, -0.1) is 0 Å².